The second kappa shape index (κ2) is 9.79. The minimum atomic E-state index is -4.38. The summed E-state index contributed by atoms with van der Waals surface area (Å²) in [6.07, 6.45) is -5.14. The van der Waals surface area contributed by atoms with Crippen LogP contribution in [0.4, 0.5) is 4.79 Å². The van der Waals surface area contributed by atoms with Crippen LogP contribution >= 0.6 is 0 Å². The van der Waals surface area contributed by atoms with Gasteiger partial charge in [0.05, 0.1) is 17.2 Å². The molecule has 3 heterocycles. The summed E-state index contributed by atoms with van der Waals surface area (Å²) in [5.41, 5.74) is 2.74. The van der Waals surface area contributed by atoms with Crippen molar-refractivity contribution in [1.29, 1.82) is 0 Å². The molecule has 1 aromatic rings. The lowest BCUT2D eigenvalue weighted by Crippen LogP contribution is -2.60. The predicted octanol–water partition coefficient (Wildman–Crippen LogP) is 0.347. The van der Waals surface area contributed by atoms with Gasteiger partial charge in [-0.25, -0.2) is 8.98 Å². The molecular formula is C23H34N3O10SSi-. The number of hydrogen-bond donors (Lipinski definition) is 1. The van der Waals surface area contributed by atoms with E-state index in [9.17, 15) is 27.9 Å². The molecule has 1 spiro atoms. The maximum atomic E-state index is 13.3. The average Bonchev–Trinajstić information content (AvgIpc) is 3.20. The third kappa shape index (κ3) is 5.00. The maximum absolute atomic E-state index is 13.3. The number of aromatic nitrogens is 2. The van der Waals surface area contributed by atoms with Gasteiger partial charge in [0.1, 0.15) is 12.2 Å². The van der Waals surface area contributed by atoms with Gasteiger partial charge in [-0.15, -0.1) is 6.58 Å². The Balaban J connectivity index is 2.38. The lowest BCUT2D eigenvalue weighted by molar-refractivity contribution is -0.292. The van der Waals surface area contributed by atoms with Gasteiger partial charge in [-0.1, -0.05) is 26.8 Å². The SMILES string of the molecule is C=CCC(OC(=O)[O-])[C@H]1O[C@@H](n2cc(C)c(=O)n(C)c2=O)[C@H](O[Si](C)(C)C(C)(C)C)C12OS(=O)(=O)C=C2N. The standard InChI is InChI=1S/C23H35N3O10SSi/c1-9-10-14(33-21(29)30)16-23(15(24)12-37(31,32)36-23)17(35-38(7,8)22(3,4)5)19(34-16)26-11-13(2)18(27)25(6)20(26)28/h9,11-12,14,16-17,19H,1,10,24H2,2-8H3,(H,29,30)/p-1/t14?,16-,17+,19-,23?/m1/s1. The first-order valence-corrected chi connectivity index (χ1v) is 16.2. The summed E-state index contributed by atoms with van der Waals surface area (Å²) in [5, 5.41) is 11.8. The van der Waals surface area contributed by atoms with Crippen LogP contribution in [0.2, 0.25) is 18.1 Å². The highest BCUT2D eigenvalue weighted by Crippen LogP contribution is 2.52. The Morgan fingerprint density at radius 2 is 1.97 bits per heavy atom. The van der Waals surface area contributed by atoms with E-state index in [4.69, 9.17) is 23.8 Å². The minimum absolute atomic E-state index is 0.141. The molecule has 2 N–H and O–H groups in total. The zero-order chi connectivity index (χ0) is 29.0. The Hall–Kier alpha value is -2.72. The van der Waals surface area contributed by atoms with Gasteiger partial charge in [0.25, 0.3) is 21.8 Å². The van der Waals surface area contributed by atoms with Crippen molar-refractivity contribution >= 4 is 24.6 Å². The molecule has 0 saturated carbocycles. The van der Waals surface area contributed by atoms with E-state index < -0.39 is 71.0 Å². The highest BCUT2D eigenvalue weighted by Gasteiger charge is 2.68. The Bertz CT molecular complexity index is 1390. The van der Waals surface area contributed by atoms with Crippen LogP contribution in [0.15, 0.2) is 39.5 Å². The molecule has 38 heavy (non-hydrogen) atoms. The van der Waals surface area contributed by atoms with Crippen molar-refractivity contribution in [3.63, 3.8) is 0 Å². The summed E-state index contributed by atoms with van der Waals surface area (Å²) < 4.78 is 50.9. The maximum Gasteiger partial charge on any atom is 0.332 e. The van der Waals surface area contributed by atoms with Crippen LogP contribution in [0, 0.1) is 6.92 Å². The molecule has 0 aliphatic carbocycles. The largest absolute Gasteiger partial charge is 0.543 e. The fraction of sp³-hybridized carbons (Fsp3) is 0.609. The molecule has 0 radical (unpaired) electrons. The summed E-state index contributed by atoms with van der Waals surface area (Å²) in [5.74, 6) is 0. The third-order valence-corrected chi connectivity index (χ3v) is 12.8. The van der Waals surface area contributed by atoms with Crippen molar-refractivity contribution in [2.75, 3.05) is 0 Å². The summed E-state index contributed by atoms with van der Waals surface area (Å²) >= 11 is 0. The number of carbonyl (C=O) groups is 1. The molecule has 1 saturated heterocycles. The molecule has 5 atom stereocenters. The average molecular weight is 573 g/mol. The lowest BCUT2D eigenvalue weighted by Gasteiger charge is -2.44. The van der Waals surface area contributed by atoms with Gasteiger partial charge in [0.2, 0.25) is 0 Å². The van der Waals surface area contributed by atoms with E-state index in [1.165, 1.54) is 26.2 Å². The van der Waals surface area contributed by atoms with Gasteiger partial charge in [-0.2, -0.15) is 8.42 Å². The van der Waals surface area contributed by atoms with Crippen LogP contribution in [0.1, 0.15) is 39.0 Å². The highest BCUT2D eigenvalue weighted by atomic mass is 32.2. The first kappa shape index (κ1) is 29.8. The monoisotopic (exact) mass is 572 g/mol. The molecule has 212 valence electrons. The van der Waals surface area contributed by atoms with E-state index in [0.717, 1.165) is 9.13 Å². The van der Waals surface area contributed by atoms with E-state index in [2.05, 4.69) is 6.58 Å². The van der Waals surface area contributed by atoms with Crippen LogP contribution in [0.5, 0.6) is 0 Å². The van der Waals surface area contributed by atoms with Gasteiger partial charge >= 0.3 is 5.69 Å². The molecule has 2 unspecified atom stereocenters. The summed E-state index contributed by atoms with van der Waals surface area (Å²) in [6.45, 7) is 14.7. The zero-order valence-electron chi connectivity index (χ0n) is 22.4. The minimum Gasteiger partial charge on any atom is -0.543 e. The van der Waals surface area contributed by atoms with Crippen LogP contribution in [-0.4, -0.2) is 55.9 Å². The normalized spacial score (nSPS) is 27.8. The summed E-state index contributed by atoms with van der Waals surface area (Å²) in [7, 11) is -5.89. The zero-order valence-corrected chi connectivity index (χ0v) is 24.2. The van der Waals surface area contributed by atoms with Gasteiger partial charge < -0.3 is 29.5 Å². The summed E-state index contributed by atoms with van der Waals surface area (Å²) in [6, 6.07) is 0. The molecule has 15 heteroatoms. The Morgan fingerprint density at radius 3 is 2.45 bits per heavy atom. The molecule has 3 rings (SSSR count). The fourth-order valence-corrected chi connectivity index (χ4v) is 6.89. The van der Waals surface area contributed by atoms with Crippen LogP contribution < -0.4 is 22.1 Å². The van der Waals surface area contributed by atoms with Crippen molar-refractivity contribution in [3.8, 4) is 0 Å². The van der Waals surface area contributed by atoms with Crippen molar-refractivity contribution in [1.82, 2.24) is 9.13 Å². The summed E-state index contributed by atoms with van der Waals surface area (Å²) in [4.78, 5) is 37.2. The second-order valence-electron chi connectivity index (χ2n) is 11.0. The van der Waals surface area contributed by atoms with Crippen molar-refractivity contribution in [3.05, 3.63) is 56.4 Å². The number of carbonyl (C=O) groups excluding carboxylic acids is 1. The van der Waals surface area contributed by atoms with Crippen LogP contribution in [-0.2, 0) is 35.2 Å². The van der Waals surface area contributed by atoms with E-state index in [1.807, 2.05) is 33.9 Å². The third-order valence-electron chi connectivity index (χ3n) is 7.34. The Morgan fingerprint density at radius 1 is 1.37 bits per heavy atom. The molecule has 0 aromatic carbocycles. The molecular weight excluding hydrogens is 538 g/mol. The topological polar surface area (TPSA) is 181 Å². The van der Waals surface area contributed by atoms with E-state index in [-0.39, 0.29) is 17.7 Å². The smallest absolute Gasteiger partial charge is 0.332 e. The van der Waals surface area contributed by atoms with Crippen LogP contribution in [0.25, 0.3) is 0 Å². The molecule has 1 aromatic heterocycles. The molecule has 0 bridgehead atoms. The highest BCUT2D eigenvalue weighted by molar-refractivity contribution is 7.90. The molecule has 1 fully saturated rings. The Labute approximate surface area is 221 Å². The van der Waals surface area contributed by atoms with E-state index in [0.29, 0.717) is 5.41 Å². The number of carboxylic acid groups (broad SMARTS) is 1. The second-order valence-corrected chi connectivity index (χ2v) is 17.1. The van der Waals surface area contributed by atoms with Crippen LogP contribution in [0.3, 0.4) is 0 Å². The van der Waals surface area contributed by atoms with Crippen molar-refractivity contribution in [2.45, 2.75) is 82.4 Å². The first-order valence-electron chi connectivity index (χ1n) is 11.8. The van der Waals surface area contributed by atoms with Gasteiger partial charge in [-0.3, -0.25) is 13.9 Å². The van der Waals surface area contributed by atoms with E-state index in [1.54, 1.807) is 0 Å². The molecule has 0 amide bonds. The number of nitrogens with two attached hydrogens (primary N) is 1. The number of aryl methyl sites for hydroxylation is 1. The molecule has 2 aliphatic heterocycles. The molecule has 2 aliphatic rings. The number of ether oxygens (including phenoxy) is 2. The van der Waals surface area contributed by atoms with Crippen molar-refractivity contribution < 1.29 is 36.4 Å². The van der Waals surface area contributed by atoms with Gasteiger partial charge in [-0.05, 0) is 31.5 Å². The predicted molar refractivity (Wildman–Crippen MR) is 137 cm³/mol. The van der Waals surface area contributed by atoms with Crippen molar-refractivity contribution in [2.24, 2.45) is 12.8 Å². The van der Waals surface area contributed by atoms with Gasteiger partial charge in [0.15, 0.2) is 20.1 Å². The number of rotatable bonds is 7. The fourth-order valence-electron chi connectivity index (χ4n) is 4.39. The number of hydrogen-bond acceptors (Lipinski definition) is 11. The number of nitrogens with zero attached hydrogens (tertiary/aromatic N) is 2. The van der Waals surface area contributed by atoms with Gasteiger partial charge in [0, 0.05) is 18.8 Å². The van der Waals surface area contributed by atoms with E-state index >= 15 is 0 Å². The quantitative estimate of drug-likeness (QED) is 0.206. The first-order chi connectivity index (χ1) is 17.3. The molecule has 13 nitrogen and oxygen atoms in total. The Kier molecular flexibility index (Phi) is 7.68. The lowest BCUT2D eigenvalue weighted by atomic mass is 9.85.